The van der Waals surface area contributed by atoms with Crippen LogP contribution in [-0.4, -0.2) is 17.7 Å². The predicted molar refractivity (Wildman–Crippen MR) is 132 cm³/mol. The van der Waals surface area contributed by atoms with E-state index >= 15 is 0 Å². The Morgan fingerprint density at radius 2 is 1.74 bits per heavy atom. The van der Waals surface area contributed by atoms with Crippen molar-refractivity contribution >= 4 is 11.7 Å². The molecule has 0 aliphatic heterocycles. The van der Waals surface area contributed by atoms with Gasteiger partial charge in [-0.05, 0) is 66.8 Å². The Hall–Kier alpha value is -3.98. The fourth-order valence-electron chi connectivity index (χ4n) is 3.67. The maximum absolute atomic E-state index is 12.4. The molecule has 6 nitrogen and oxygen atoms in total. The van der Waals surface area contributed by atoms with Crippen molar-refractivity contribution in [2.45, 2.75) is 39.8 Å². The molecule has 0 aliphatic carbocycles. The number of hydrogen-bond donors (Lipinski definition) is 2. The molecule has 176 valence electrons. The van der Waals surface area contributed by atoms with E-state index in [1.54, 1.807) is 30.3 Å². The van der Waals surface area contributed by atoms with Crippen molar-refractivity contribution in [1.29, 1.82) is 5.26 Å². The number of hydrogen-bond acceptors (Lipinski definition) is 5. The van der Waals surface area contributed by atoms with E-state index in [0.717, 1.165) is 17.5 Å². The van der Waals surface area contributed by atoms with Crippen molar-refractivity contribution in [3.63, 3.8) is 0 Å². The highest BCUT2D eigenvalue weighted by molar-refractivity contribution is 5.81. The molecule has 2 N–H and O–H groups in total. The molecule has 0 fully saturated rings. The van der Waals surface area contributed by atoms with E-state index in [0.29, 0.717) is 47.4 Å². The first kappa shape index (κ1) is 24.7. The first-order valence-electron chi connectivity index (χ1n) is 11.4. The third-order valence-electron chi connectivity index (χ3n) is 5.24. The molecule has 1 unspecified atom stereocenters. The Morgan fingerprint density at radius 3 is 2.32 bits per heavy atom. The molecule has 0 saturated carbocycles. The number of carbonyl (C=O) groups is 1. The fraction of sp³-hybridized carbons (Fsp3) is 0.286. The summed E-state index contributed by atoms with van der Waals surface area (Å²) >= 11 is 0. The molecule has 1 atom stereocenters. The summed E-state index contributed by atoms with van der Waals surface area (Å²) in [6.07, 6.45) is 0.776. The monoisotopic (exact) mass is 458 g/mol. The minimum absolute atomic E-state index is 0.312. The minimum Gasteiger partial charge on any atom is -0.494 e. The minimum atomic E-state index is -1.08. The fourth-order valence-corrected chi connectivity index (χ4v) is 3.67. The normalized spacial score (nSPS) is 11.5. The third-order valence-corrected chi connectivity index (χ3v) is 5.24. The van der Waals surface area contributed by atoms with E-state index < -0.39 is 12.0 Å². The molecule has 0 aliphatic rings. The summed E-state index contributed by atoms with van der Waals surface area (Å²) < 4.78 is 12.1. The van der Waals surface area contributed by atoms with Crippen LogP contribution in [0.1, 0.15) is 49.1 Å². The van der Waals surface area contributed by atoms with E-state index in [1.165, 1.54) is 0 Å². The number of ether oxygens (including phenoxy) is 2. The molecule has 0 radical (unpaired) electrons. The Bertz CT molecular complexity index is 1140. The van der Waals surface area contributed by atoms with Crippen molar-refractivity contribution in [3.8, 4) is 17.6 Å². The second kappa shape index (κ2) is 11.8. The van der Waals surface area contributed by atoms with Gasteiger partial charge in [0.1, 0.15) is 18.1 Å². The zero-order valence-corrected chi connectivity index (χ0v) is 19.7. The number of carboxylic acid groups (broad SMARTS) is 1. The lowest BCUT2D eigenvalue weighted by atomic mass is 9.96. The van der Waals surface area contributed by atoms with Gasteiger partial charge in [0.25, 0.3) is 0 Å². The lowest BCUT2D eigenvalue weighted by Crippen LogP contribution is -2.22. The summed E-state index contributed by atoms with van der Waals surface area (Å²) in [4.78, 5) is 12.4. The lowest BCUT2D eigenvalue weighted by Gasteiger charge is -2.23. The highest BCUT2D eigenvalue weighted by Crippen LogP contribution is 2.36. The largest absolute Gasteiger partial charge is 0.494 e. The van der Waals surface area contributed by atoms with E-state index in [9.17, 15) is 9.90 Å². The predicted octanol–water partition coefficient (Wildman–Crippen LogP) is 5.97. The van der Waals surface area contributed by atoms with Crippen LogP contribution in [-0.2, 0) is 17.8 Å². The lowest BCUT2D eigenvalue weighted by molar-refractivity contribution is -0.138. The number of rotatable bonds is 11. The number of carboxylic acids is 1. The van der Waals surface area contributed by atoms with Gasteiger partial charge in [-0.2, -0.15) is 5.26 Å². The van der Waals surface area contributed by atoms with Crippen LogP contribution in [0.5, 0.6) is 11.5 Å². The van der Waals surface area contributed by atoms with Gasteiger partial charge in [0, 0.05) is 11.3 Å². The molecule has 6 heteroatoms. The highest BCUT2D eigenvalue weighted by atomic mass is 16.5. The molecule has 0 amide bonds. The van der Waals surface area contributed by atoms with E-state index in [-0.39, 0.29) is 0 Å². The molecular weight excluding hydrogens is 428 g/mol. The highest BCUT2D eigenvalue weighted by Gasteiger charge is 2.26. The second-order valence-corrected chi connectivity index (χ2v) is 8.41. The summed E-state index contributed by atoms with van der Waals surface area (Å²) in [5.41, 5.74) is 3.53. The van der Waals surface area contributed by atoms with Gasteiger partial charge in [0.05, 0.1) is 18.2 Å². The zero-order chi connectivity index (χ0) is 24.5. The van der Waals surface area contributed by atoms with Gasteiger partial charge < -0.3 is 19.9 Å². The van der Waals surface area contributed by atoms with Gasteiger partial charge in [-0.15, -0.1) is 0 Å². The van der Waals surface area contributed by atoms with Crippen LogP contribution in [0, 0.1) is 17.2 Å². The molecule has 3 aromatic carbocycles. The molecular formula is C28H30N2O4. The van der Waals surface area contributed by atoms with Crippen molar-refractivity contribution < 1.29 is 19.4 Å². The Balaban J connectivity index is 2.04. The van der Waals surface area contributed by atoms with Gasteiger partial charge in [-0.25, -0.2) is 4.79 Å². The number of nitrogens with one attached hydrogen (secondary N) is 1. The summed E-state index contributed by atoms with van der Waals surface area (Å²) in [7, 11) is 0. The van der Waals surface area contributed by atoms with Crippen LogP contribution in [0.2, 0.25) is 0 Å². The number of anilines is 1. The van der Waals surface area contributed by atoms with Crippen LogP contribution in [0.15, 0.2) is 66.7 Å². The summed E-state index contributed by atoms with van der Waals surface area (Å²) in [6.45, 7) is 6.94. The van der Waals surface area contributed by atoms with Crippen molar-refractivity contribution in [2.24, 2.45) is 5.92 Å². The molecule has 0 aromatic heterocycles. The third kappa shape index (κ3) is 6.52. The molecule has 34 heavy (non-hydrogen) atoms. The maximum atomic E-state index is 12.4. The van der Waals surface area contributed by atoms with Gasteiger partial charge in [-0.1, -0.05) is 44.2 Å². The molecule has 0 spiro atoms. The van der Waals surface area contributed by atoms with Gasteiger partial charge >= 0.3 is 5.97 Å². The van der Waals surface area contributed by atoms with E-state index in [1.807, 2.05) is 43.3 Å². The second-order valence-electron chi connectivity index (χ2n) is 8.41. The Kier molecular flexibility index (Phi) is 8.53. The van der Waals surface area contributed by atoms with Gasteiger partial charge in [-0.3, -0.25) is 0 Å². The van der Waals surface area contributed by atoms with E-state index in [2.05, 4.69) is 25.2 Å². The van der Waals surface area contributed by atoms with Crippen LogP contribution < -0.4 is 14.8 Å². The molecule has 0 heterocycles. The quantitative estimate of drug-likeness (QED) is 0.368. The van der Waals surface area contributed by atoms with Crippen molar-refractivity contribution in [2.75, 3.05) is 11.9 Å². The number of nitrogens with zero attached hydrogens (tertiary/aromatic N) is 1. The average molecular weight is 459 g/mol. The molecule has 3 aromatic rings. The topological polar surface area (TPSA) is 91.6 Å². The smallest absolute Gasteiger partial charge is 0.330 e. The number of nitriles is 1. The number of aliphatic carboxylic acids is 1. The Morgan fingerprint density at radius 1 is 1.03 bits per heavy atom. The van der Waals surface area contributed by atoms with Crippen molar-refractivity contribution in [3.05, 3.63) is 89.0 Å². The zero-order valence-electron chi connectivity index (χ0n) is 19.7. The number of benzene rings is 3. The van der Waals surface area contributed by atoms with Crippen LogP contribution in [0.4, 0.5) is 5.69 Å². The van der Waals surface area contributed by atoms with Crippen LogP contribution in [0.3, 0.4) is 0 Å². The van der Waals surface area contributed by atoms with Gasteiger partial charge in [0.2, 0.25) is 0 Å². The first-order chi connectivity index (χ1) is 16.4. The first-order valence-corrected chi connectivity index (χ1v) is 11.4. The average Bonchev–Trinajstić information content (AvgIpc) is 2.83. The summed E-state index contributed by atoms with van der Waals surface area (Å²) in [5, 5.41) is 22.2. The van der Waals surface area contributed by atoms with Crippen LogP contribution >= 0.6 is 0 Å². The van der Waals surface area contributed by atoms with Crippen LogP contribution in [0.25, 0.3) is 0 Å². The van der Waals surface area contributed by atoms with Crippen molar-refractivity contribution in [1.82, 2.24) is 0 Å². The van der Waals surface area contributed by atoms with Gasteiger partial charge in [0.15, 0.2) is 6.04 Å². The SMILES string of the molecule is CCOc1cc(C(Nc2ccc(C#N)cc2)C(=O)O)c(OCc2ccccc2)cc1CC(C)C. The Labute approximate surface area is 200 Å². The van der Waals surface area contributed by atoms with E-state index in [4.69, 9.17) is 14.7 Å². The maximum Gasteiger partial charge on any atom is 0.330 e. The summed E-state index contributed by atoms with van der Waals surface area (Å²) in [6, 6.07) is 21.1. The molecule has 0 bridgehead atoms. The standard InChI is InChI=1S/C28H30N2O4/c1-4-33-25-16-24(27(28(31)32)30-23-12-10-20(17-29)11-13-23)26(15-22(25)14-19(2)3)34-18-21-8-6-5-7-9-21/h5-13,15-16,19,27,30H,4,14,18H2,1-3H3,(H,31,32). The molecule has 0 saturated heterocycles. The summed E-state index contributed by atoms with van der Waals surface area (Å²) in [5.74, 6) is 0.495. The molecule has 3 rings (SSSR count).